The Bertz CT molecular complexity index is 1540. The van der Waals surface area contributed by atoms with E-state index in [9.17, 15) is 10.1 Å². The summed E-state index contributed by atoms with van der Waals surface area (Å²) in [6.07, 6.45) is 5.45. The molecule has 1 spiro atoms. The van der Waals surface area contributed by atoms with E-state index in [4.69, 9.17) is 9.47 Å². The topological polar surface area (TPSA) is 80.4 Å². The van der Waals surface area contributed by atoms with Crippen molar-refractivity contribution in [1.82, 2.24) is 14.5 Å². The lowest BCUT2D eigenvalue weighted by atomic mass is 9.78. The number of aromatic nitrogens is 2. The lowest BCUT2D eigenvalue weighted by Crippen LogP contribution is -2.40. The molecule has 38 heavy (non-hydrogen) atoms. The Balaban J connectivity index is 1.15. The average molecular weight is 507 g/mol. The Morgan fingerprint density at radius 1 is 1.13 bits per heavy atom. The summed E-state index contributed by atoms with van der Waals surface area (Å²) in [5, 5.41) is 9.30. The van der Waals surface area contributed by atoms with Crippen LogP contribution in [0.2, 0.25) is 0 Å². The van der Waals surface area contributed by atoms with Crippen LogP contribution < -0.4 is 4.74 Å². The number of nitrogens with zero attached hydrogens (tertiary/aromatic N) is 4. The molecule has 2 unspecified atom stereocenters. The number of benzene rings is 3. The first-order valence-electron chi connectivity index (χ1n) is 13.1. The van der Waals surface area contributed by atoms with Gasteiger partial charge in [0.2, 0.25) is 0 Å². The van der Waals surface area contributed by atoms with Gasteiger partial charge in [-0.1, -0.05) is 30.3 Å². The van der Waals surface area contributed by atoms with E-state index < -0.39 is 5.60 Å². The predicted octanol–water partition coefficient (Wildman–Crippen LogP) is 6.16. The van der Waals surface area contributed by atoms with Crippen molar-refractivity contribution in [2.24, 2.45) is 5.92 Å². The summed E-state index contributed by atoms with van der Waals surface area (Å²) in [4.78, 5) is 19.4. The first kappa shape index (κ1) is 24.1. The summed E-state index contributed by atoms with van der Waals surface area (Å²) in [5.74, 6) is 1.19. The maximum atomic E-state index is 13.0. The second kappa shape index (κ2) is 9.86. The van der Waals surface area contributed by atoms with Gasteiger partial charge in [0.25, 0.3) is 0 Å². The molecule has 1 aromatic heterocycles. The zero-order valence-electron chi connectivity index (χ0n) is 21.5. The number of methoxy groups -OCH3 is 1. The van der Waals surface area contributed by atoms with Crippen LogP contribution in [0.4, 0.5) is 4.79 Å². The Morgan fingerprint density at radius 3 is 2.82 bits per heavy atom. The molecular weight excluding hydrogens is 476 g/mol. The fourth-order valence-electron chi connectivity index (χ4n) is 6.07. The minimum Gasteiger partial charge on any atom is -0.497 e. The molecule has 7 nitrogen and oxygen atoms in total. The molecule has 1 aliphatic carbocycles. The van der Waals surface area contributed by atoms with Gasteiger partial charge in [-0.05, 0) is 84.7 Å². The van der Waals surface area contributed by atoms with Crippen molar-refractivity contribution >= 4 is 17.1 Å². The minimum atomic E-state index is -0.446. The number of imidazole rings is 1. The Kier molecular flexibility index (Phi) is 6.24. The van der Waals surface area contributed by atoms with Crippen molar-refractivity contribution in [3.8, 4) is 22.9 Å². The normalized spacial score (nSPS) is 21.0. The Hall–Kier alpha value is -4.31. The fraction of sp³-hybridized carbons (Fsp3) is 0.323. The van der Waals surface area contributed by atoms with Gasteiger partial charge in [0, 0.05) is 13.1 Å². The quantitative estimate of drug-likeness (QED) is 0.313. The van der Waals surface area contributed by atoms with Crippen LogP contribution in [-0.4, -0.2) is 39.8 Å². The van der Waals surface area contributed by atoms with Crippen molar-refractivity contribution in [3.63, 3.8) is 0 Å². The van der Waals surface area contributed by atoms with E-state index in [-0.39, 0.29) is 6.09 Å². The number of carbonyl (C=O) groups excluding carboxylic acids is 1. The molecule has 2 fully saturated rings. The number of amides is 1. The van der Waals surface area contributed by atoms with Gasteiger partial charge >= 0.3 is 6.09 Å². The summed E-state index contributed by atoms with van der Waals surface area (Å²) in [7, 11) is 1.67. The molecule has 4 aromatic rings. The minimum absolute atomic E-state index is 0.232. The summed E-state index contributed by atoms with van der Waals surface area (Å²) in [6.45, 7) is 1.92. The zero-order chi connectivity index (χ0) is 26.1. The van der Waals surface area contributed by atoms with Crippen LogP contribution in [0.25, 0.3) is 22.2 Å². The highest BCUT2D eigenvalue weighted by Gasteiger charge is 2.47. The molecule has 3 aromatic carbocycles. The van der Waals surface area contributed by atoms with Gasteiger partial charge in [-0.3, -0.25) is 4.90 Å². The Morgan fingerprint density at radius 2 is 1.97 bits per heavy atom. The van der Waals surface area contributed by atoms with Crippen LogP contribution >= 0.6 is 0 Å². The summed E-state index contributed by atoms with van der Waals surface area (Å²) in [5.41, 5.74) is 5.30. The smallest absolute Gasteiger partial charge is 0.410 e. The van der Waals surface area contributed by atoms with Crippen molar-refractivity contribution in [2.75, 3.05) is 13.7 Å². The average Bonchev–Trinajstić information content (AvgIpc) is 3.47. The number of fused-ring (bicyclic) bond motifs is 1. The molecule has 1 saturated carbocycles. The summed E-state index contributed by atoms with van der Waals surface area (Å²) in [6, 6.07) is 24.1. The maximum Gasteiger partial charge on any atom is 0.410 e. The lowest BCUT2D eigenvalue weighted by Gasteiger charge is -2.36. The first-order valence-corrected chi connectivity index (χ1v) is 13.1. The van der Waals surface area contributed by atoms with Crippen molar-refractivity contribution in [3.05, 3.63) is 84.2 Å². The number of carbonyl (C=O) groups is 1. The molecule has 192 valence electrons. The van der Waals surface area contributed by atoms with Gasteiger partial charge in [-0.15, -0.1) is 0 Å². The van der Waals surface area contributed by atoms with Crippen LogP contribution in [0.15, 0.2) is 73.1 Å². The predicted molar refractivity (Wildman–Crippen MR) is 144 cm³/mol. The lowest BCUT2D eigenvalue weighted by molar-refractivity contribution is 0.00415. The van der Waals surface area contributed by atoms with E-state index in [1.807, 2.05) is 47.6 Å². The second-order valence-electron chi connectivity index (χ2n) is 10.5. The third-order valence-electron chi connectivity index (χ3n) is 7.86. The molecule has 1 amide bonds. The highest BCUT2D eigenvalue weighted by atomic mass is 16.6. The monoisotopic (exact) mass is 506 g/mol. The molecule has 6 rings (SSSR count). The molecule has 2 heterocycles. The van der Waals surface area contributed by atoms with Crippen LogP contribution in [0.3, 0.4) is 0 Å². The molecule has 0 bridgehead atoms. The Labute approximate surface area is 222 Å². The summed E-state index contributed by atoms with van der Waals surface area (Å²) < 4.78 is 13.6. The van der Waals surface area contributed by atoms with Crippen molar-refractivity contribution < 1.29 is 14.3 Å². The van der Waals surface area contributed by atoms with Crippen LogP contribution in [0, 0.1) is 17.2 Å². The van der Waals surface area contributed by atoms with Crippen LogP contribution in [0.5, 0.6) is 5.75 Å². The molecule has 1 saturated heterocycles. The molecule has 0 N–H and O–H groups in total. The van der Waals surface area contributed by atoms with E-state index in [1.54, 1.807) is 13.2 Å². The molecule has 0 radical (unpaired) electrons. The van der Waals surface area contributed by atoms with E-state index >= 15 is 0 Å². The van der Waals surface area contributed by atoms with E-state index in [0.29, 0.717) is 24.6 Å². The van der Waals surface area contributed by atoms with Crippen LogP contribution in [-0.2, 0) is 17.8 Å². The number of hydrogen-bond donors (Lipinski definition) is 0. The molecule has 1 aliphatic heterocycles. The van der Waals surface area contributed by atoms with Gasteiger partial charge in [0.1, 0.15) is 11.4 Å². The first-order chi connectivity index (χ1) is 18.5. The molecule has 2 atom stereocenters. The largest absolute Gasteiger partial charge is 0.497 e. The number of hydrogen-bond acceptors (Lipinski definition) is 5. The van der Waals surface area contributed by atoms with Gasteiger partial charge in [0.05, 0.1) is 42.6 Å². The van der Waals surface area contributed by atoms with Gasteiger partial charge in [0.15, 0.2) is 0 Å². The zero-order valence-corrected chi connectivity index (χ0v) is 21.5. The highest BCUT2D eigenvalue weighted by Crippen LogP contribution is 2.41. The molecular formula is C31H30N4O3. The highest BCUT2D eigenvalue weighted by molar-refractivity contribution is 5.77. The number of rotatable bonds is 6. The standard InChI is InChI=1S/C31H30N4O3/c1-37-27-9-3-8-26(15-27)25-7-2-5-23(13-25)18-34-20-31(38-30(34)36)12-4-6-24(16-31)19-35-21-33-28-11-10-22(17-32)14-29(28)35/h2-3,5,7-11,13-15,21,24H,4,6,12,16,18-20H2,1H3. The van der Waals surface area contributed by atoms with Crippen LogP contribution in [0.1, 0.15) is 36.8 Å². The molecule has 2 aliphatic rings. The fourth-order valence-corrected chi connectivity index (χ4v) is 6.07. The van der Waals surface area contributed by atoms with Crippen molar-refractivity contribution in [2.45, 2.75) is 44.4 Å². The number of nitriles is 1. The summed E-state index contributed by atoms with van der Waals surface area (Å²) >= 11 is 0. The van der Waals surface area contributed by atoms with Gasteiger partial charge in [-0.2, -0.15) is 5.26 Å². The second-order valence-corrected chi connectivity index (χ2v) is 10.5. The van der Waals surface area contributed by atoms with Gasteiger partial charge in [-0.25, -0.2) is 9.78 Å². The van der Waals surface area contributed by atoms with Gasteiger partial charge < -0.3 is 14.0 Å². The molecule has 7 heteroatoms. The van der Waals surface area contributed by atoms with E-state index in [0.717, 1.165) is 65.7 Å². The third-order valence-corrected chi connectivity index (χ3v) is 7.86. The van der Waals surface area contributed by atoms with E-state index in [2.05, 4.69) is 39.9 Å². The van der Waals surface area contributed by atoms with E-state index in [1.165, 1.54) is 0 Å². The SMILES string of the molecule is COc1cccc(-c2cccc(CN3CC4(CCCC(Cn5cnc6ccc(C#N)cc65)C4)OC3=O)c2)c1. The third kappa shape index (κ3) is 4.70. The maximum absolute atomic E-state index is 13.0. The van der Waals surface area contributed by atoms with Crippen molar-refractivity contribution in [1.29, 1.82) is 5.26 Å². The number of ether oxygens (including phenoxy) is 2.